The number of nitrogens with zero attached hydrogens (tertiary/aromatic N) is 3. The molecule has 0 spiro atoms. The Labute approximate surface area is 205 Å². The summed E-state index contributed by atoms with van der Waals surface area (Å²) in [6, 6.07) is 30.6. The number of benzene rings is 4. The van der Waals surface area contributed by atoms with Crippen molar-refractivity contribution in [3.8, 4) is 5.75 Å². The number of rotatable bonds is 7. The maximum atomic E-state index is 13.3. The van der Waals surface area contributed by atoms with Crippen molar-refractivity contribution in [2.75, 3.05) is 14.2 Å². The Morgan fingerprint density at radius 1 is 0.943 bits per heavy atom. The number of carbonyl (C=O) groups excluding carboxylic acids is 1. The van der Waals surface area contributed by atoms with Gasteiger partial charge in [0.25, 0.3) is 0 Å². The second-order valence-electron chi connectivity index (χ2n) is 8.97. The second-order valence-corrected chi connectivity index (χ2v) is 8.97. The average molecular weight is 464 g/mol. The van der Waals surface area contributed by atoms with E-state index in [2.05, 4.69) is 35.8 Å². The van der Waals surface area contributed by atoms with Crippen LogP contribution in [0.2, 0.25) is 0 Å². The Morgan fingerprint density at radius 2 is 1.66 bits per heavy atom. The minimum atomic E-state index is 0.0149. The predicted molar refractivity (Wildman–Crippen MR) is 141 cm³/mol. The molecule has 0 saturated carbocycles. The van der Waals surface area contributed by atoms with Crippen LogP contribution in [0.25, 0.3) is 21.8 Å². The first-order valence-electron chi connectivity index (χ1n) is 11.8. The maximum absolute atomic E-state index is 13.3. The summed E-state index contributed by atoms with van der Waals surface area (Å²) in [5.74, 6) is 1.80. The van der Waals surface area contributed by atoms with Gasteiger partial charge in [-0.1, -0.05) is 73.7 Å². The summed E-state index contributed by atoms with van der Waals surface area (Å²) in [6.07, 6.45) is 0. The van der Waals surface area contributed by atoms with Crippen molar-refractivity contribution >= 4 is 27.7 Å². The number of ether oxygens (including phenoxy) is 1. The van der Waals surface area contributed by atoms with E-state index in [1.165, 1.54) is 0 Å². The van der Waals surface area contributed by atoms with Crippen LogP contribution in [0.4, 0.5) is 0 Å². The molecule has 1 amide bonds. The summed E-state index contributed by atoms with van der Waals surface area (Å²) in [6.45, 7) is 2.97. The predicted octanol–water partition coefficient (Wildman–Crippen LogP) is 6.01. The molecule has 1 atom stereocenters. The molecule has 5 nitrogen and oxygen atoms in total. The molecule has 0 aliphatic carbocycles. The lowest BCUT2D eigenvalue weighted by atomic mass is 9.97. The van der Waals surface area contributed by atoms with E-state index >= 15 is 0 Å². The van der Waals surface area contributed by atoms with Gasteiger partial charge in [-0.15, -0.1) is 0 Å². The summed E-state index contributed by atoms with van der Waals surface area (Å²) in [5, 5.41) is 2.28. The van der Waals surface area contributed by atoms with Crippen molar-refractivity contribution in [3.05, 3.63) is 108 Å². The summed E-state index contributed by atoms with van der Waals surface area (Å²) >= 11 is 0. The number of para-hydroxylation sites is 2. The molecule has 1 unspecified atom stereocenters. The number of imidazole rings is 1. The average Bonchev–Trinajstić information content (AvgIpc) is 3.26. The zero-order chi connectivity index (χ0) is 24.4. The fraction of sp³-hybridized carbons (Fsp3) is 0.200. The summed E-state index contributed by atoms with van der Waals surface area (Å²) in [4.78, 5) is 20.0. The van der Waals surface area contributed by atoms with Gasteiger partial charge in [0, 0.05) is 19.5 Å². The largest absolute Gasteiger partial charge is 0.497 e. The first kappa shape index (κ1) is 22.7. The highest BCUT2D eigenvalue weighted by molar-refractivity contribution is 5.85. The Bertz CT molecular complexity index is 1490. The highest BCUT2D eigenvalue weighted by atomic mass is 16.5. The van der Waals surface area contributed by atoms with Crippen LogP contribution in [0.3, 0.4) is 0 Å². The van der Waals surface area contributed by atoms with Crippen LogP contribution in [-0.4, -0.2) is 34.5 Å². The monoisotopic (exact) mass is 463 g/mol. The Kier molecular flexibility index (Phi) is 6.23. The molecule has 0 saturated heterocycles. The first-order chi connectivity index (χ1) is 17.0. The zero-order valence-electron chi connectivity index (χ0n) is 20.3. The number of fused-ring (bicyclic) bond motifs is 2. The van der Waals surface area contributed by atoms with Gasteiger partial charge in [0.15, 0.2) is 0 Å². The van der Waals surface area contributed by atoms with Crippen molar-refractivity contribution < 1.29 is 9.53 Å². The van der Waals surface area contributed by atoms with Gasteiger partial charge in [0.05, 0.1) is 18.1 Å². The Hall–Kier alpha value is -4.12. The molecule has 0 radical (unpaired) electrons. The normalized spacial score (nSPS) is 12.1. The van der Waals surface area contributed by atoms with Crippen LogP contribution in [0.15, 0.2) is 91.0 Å². The minimum Gasteiger partial charge on any atom is -0.497 e. The first-order valence-corrected chi connectivity index (χ1v) is 11.8. The van der Waals surface area contributed by atoms with Crippen molar-refractivity contribution in [1.82, 2.24) is 14.5 Å². The summed E-state index contributed by atoms with van der Waals surface area (Å²) in [5.41, 5.74) is 4.14. The standard InChI is InChI=1S/C30H29N3O2/c1-21(23-13-14-25-18-26(35-3)16-15-24(25)17-23)30-31-27-11-7-8-12-28(27)33(30)20-29(34)32(2)19-22-9-5-4-6-10-22/h4-18,21H,19-20H2,1-3H3. The SMILES string of the molecule is COc1ccc2cc(C(C)c3nc4ccccc4n3CC(=O)N(C)Cc3ccccc3)ccc2c1. The fourth-order valence-electron chi connectivity index (χ4n) is 4.58. The van der Waals surface area contributed by atoms with Crippen LogP contribution in [0.5, 0.6) is 5.75 Å². The lowest BCUT2D eigenvalue weighted by molar-refractivity contribution is -0.131. The van der Waals surface area contributed by atoms with E-state index in [0.717, 1.165) is 44.5 Å². The third-order valence-corrected chi connectivity index (χ3v) is 6.62. The third-order valence-electron chi connectivity index (χ3n) is 6.62. The maximum Gasteiger partial charge on any atom is 0.242 e. The van der Waals surface area contributed by atoms with Crippen LogP contribution < -0.4 is 4.74 Å². The number of aromatic nitrogens is 2. The lowest BCUT2D eigenvalue weighted by Gasteiger charge is -2.20. The quantitative estimate of drug-likeness (QED) is 0.297. The van der Waals surface area contributed by atoms with E-state index in [1.54, 1.807) is 12.0 Å². The van der Waals surface area contributed by atoms with Crippen LogP contribution in [0, 0.1) is 0 Å². The molecule has 0 bridgehead atoms. The van der Waals surface area contributed by atoms with Crippen LogP contribution in [-0.2, 0) is 17.9 Å². The smallest absolute Gasteiger partial charge is 0.242 e. The van der Waals surface area contributed by atoms with Gasteiger partial charge in [-0.2, -0.15) is 0 Å². The number of likely N-dealkylation sites (N-methyl/N-ethyl adjacent to an activating group) is 1. The summed E-state index contributed by atoms with van der Waals surface area (Å²) in [7, 11) is 3.54. The molecule has 1 heterocycles. The molecular weight excluding hydrogens is 434 g/mol. The molecule has 0 aliphatic heterocycles. The number of hydrogen-bond donors (Lipinski definition) is 0. The molecule has 1 aromatic heterocycles. The van der Waals surface area contributed by atoms with Gasteiger partial charge in [-0.05, 0) is 46.2 Å². The second kappa shape index (κ2) is 9.63. The van der Waals surface area contributed by atoms with Gasteiger partial charge >= 0.3 is 0 Å². The molecule has 0 fully saturated rings. The Balaban J connectivity index is 1.47. The highest BCUT2D eigenvalue weighted by Crippen LogP contribution is 2.30. The Morgan fingerprint density at radius 3 is 2.46 bits per heavy atom. The number of methoxy groups -OCH3 is 1. The molecule has 5 heteroatoms. The van der Waals surface area contributed by atoms with E-state index in [9.17, 15) is 4.79 Å². The van der Waals surface area contributed by atoms with Crippen molar-refractivity contribution in [2.24, 2.45) is 0 Å². The molecule has 4 aromatic carbocycles. The van der Waals surface area contributed by atoms with Crippen LogP contribution in [0.1, 0.15) is 29.8 Å². The van der Waals surface area contributed by atoms with Gasteiger partial charge in [-0.3, -0.25) is 4.79 Å². The molecule has 0 N–H and O–H groups in total. The van der Waals surface area contributed by atoms with Crippen molar-refractivity contribution in [1.29, 1.82) is 0 Å². The number of hydrogen-bond acceptors (Lipinski definition) is 3. The topological polar surface area (TPSA) is 47.4 Å². The van der Waals surface area contributed by atoms with E-state index in [1.807, 2.05) is 73.8 Å². The third kappa shape index (κ3) is 4.62. The molecule has 176 valence electrons. The van der Waals surface area contributed by atoms with Crippen LogP contribution >= 0.6 is 0 Å². The lowest BCUT2D eigenvalue weighted by Crippen LogP contribution is -2.30. The number of amides is 1. The fourth-order valence-corrected chi connectivity index (χ4v) is 4.58. The molecular formula is C30H29N3O2. The van der Waals surface area contributed by atoms with Gasteiger partial charge in [0.1, 0.15) is 18.1 Å². The van der Waals surface area contributed by atoms with Crippen molar-refractivity contribution in [2.45, 2.75) is 25.9 Å². The van der Waals surface area contributed by atoms with E-state index < -0.39 is 0 Å². The highest BCUT2D eigenvalue weighted by Gasteiger charge is 2.21. The number of carbonyl (C=O) groups is 1. The molecule has 35 heavy (non-hydrogen) atoms. The molecule has 5 rings (SSSR count). The van der Waals surface area contributed by atoms with Gasteiger partial charge in [0.2, 0.25) is 5.91 Å². The minimum absolute atomic E-state index is 0.0149. The van der Waals surface area contributed by atoms with Gasteiger partial charge in [-0.25, -0.2) is 4.98 Å². The van der Waals surface area contributed by atoms with Crippen molar-refractivity contribution in [3.63, 3.8) is 0 Å². The molecule has 0 aliphatic rings. The van der Waals surface area contributed by atoms with E-state index in [-0.39, 0.29) is 18.4 Å². The van der Waals surface area contributed by atoms with E-state index in [4.69, 9.17) is 9.72 Å². The molecule has 5 aromatic rings. The van der Waals surface area contributed by atoms with E-state index in [0.29, 0.717) is 6.54 Å². The zero-order valence-corrected chi connectivity index (χ0v) is 20.3. The van der Waals surface area contributed by atoms with Gasteiger partial charge < -0.3 is 14.2 Å². The summed E-state index contributed by atoms with van der Waals surface area (Å²) < 4.78 is 7.43.